The van der Waals surface area contributed by atoms with Crippen LogP contribution in [0.3, 0.4) is 0 Å². The minimum absolute atomic E-state index is 0.319. The summed E-state index contributed by atoms with van der Waals surface area (Å²) in [6, 6.07) is 4.60. The predicted octanol–water partition coefficient (Wildman–Crippen LogP) is 1.40. The average molecular weight is 298 g/mol. The van der Waals surface area contributed by atoms with Gasteiger partial charge in [0.1, 0.15) is 6.07 Å². The molecule has 0 aliphatic carbocycles. The normalized spacial score (nSPS) is 18.0. The maximum Gasteiger partial charge on any atom is 0.151 e. The Morgan fingerprint density at radius 2 is 2.24 bits per heavy atom. The van der Waals surface area contributed by atoms with Gasteiger partial charge >= 0.3 is 0 Å². The number of rotatable bonds is 2. The van der Waals surface area contributed by atoms with E-state index in [0.29, 0.717) is 11.6 Å². The van der Waals surface area contributed by atoms with Crippen LogP contribution in [0.4, 0.5) is 5.82 Å². The molecule has 1 fully saturated rings. The van der Waals surface area contributed by atoms with Crippen LogP contribution in [0.5, 0.6) is 0 Å². The third-order valence-electron chi connectivity index (χ3n) is 3.98. The third kappa shape index (κ3) is 2.25. The van der Waals surface area contributed by atoms with Crippen LogP contribution in [-0.4, -0.2) is 38.8 Å². The number of aromatic nitrogens is 4. The zero-order valence-electron chi connectivity index (χ0n) is 11.4. The van der Waals surface area contributed by atoms with Crippen molar-refractivity contribution in [2.45, 2.75) is 18.2 Å². The Morgan fingerprint density at radius 3 is 3.05 bits per heavy atom. The minimum atomic E-state index is 0.319. The highest BCUT2D eigenvalue weighted by Gasteiger charge is 2.30. The van der Waals surface area contributed by atoms with Crippen LogP contribution in [0.15, 0.2) is 18.5 Å². The number of hydrogen-bond acceptors (Lipinski definition) is 6. The average Bonchev–Trinajstić information content (AvgIpc) is 2.94. The number of anilines is 1. The van der Waals surface area contributed by atoms with Gasteiger partial charge in [-0.25, -0.2) is 0 Å². The van der Waals surface area contributed by atoms with Gasteiger partial charge in [0.2, 0.25) is 0 Å². The molecule has 0 spiro atoms. The first kappa shape index (κ1) is 12.7. The molecule has 7 heteroatoms. The van der Waals surface area contributed by atoms with Gasteiger partial charge in [-0.05, 0) is 17.4 Å². The number of aryl methyl sites for hydroxylation is 1. The lowest BCUT2D eigenvalue weighted by atomic mass is 10.1. The second kappa shape index (κ2) is 5.04. The highest BCUT2D eigenvalue weighted by molar-refractivity contribution is 7.98. The summed E-state index contributed by atoms with van der Waals surface area (Å²) < 4.78 is 1.87. The van der Waals surface area contributed by atoms with E-state index in [9.17, 15) is 0 Å². The van der Waals surface area contributed by atoms with Crippen LogP contribution >= 0.6 is 11.8 Å². The Bertz CT molecular complexity index is 712. The monoisotopic (exact) mass is 298 g/mol. The van der Waals surface area contributed by atoms with Crippen LogP contribution < -0.4 is 4.90 Å². The number of hydrogen-bond donors (Lipinski definition) is 0. The van der Waals surface area contributed by atoms with Gasteiger partial charge in [0, 0.05) is 31.5 Å². The molecule has 0 amide bonds. The van der Waals surface area contributed by atoms with Crippen molar-refractivity contribution in [1.29, 1.82) is 5.26 Å². The van der Waals surface area contributed by atoms with Crippen molar-refractivity contribution >= 4 is 17.6 Å². The highest BCUT2D eigenvalue weighted by Crippen LogP contribution is 2.29. The van der Waals surface area contributed by atoms with Crippen molar-refractivity contribution in [3.63, 3.8) is 0 Å². The standard InChI is InChI=1S/C14H14N6S/c15-4-10-5-16-20(6-10)12-7-19(8-12)14-3-11-9-21-2-1-13(11)17-18-14/h3,5-6,12H,1-2,7-9H2. The molecule has 2 aliphatic rings. The molecular weight excluding hydrogens is 284 g/mol. The summed E-state index contributed by atoms with van der Waals surface area (Å²) >= 11 is 1.96. The molecule has 2 aromatic heterocycles. The molecule has 0 aromatic carbocycles. The summed E-state index contributed by atoms with van der Waals surface area (Å²) in [6.45, 7) is 1.74. The van der Waals surface area contributed by atoms with Crippen molar-refractivity contribution < 1.29 is 0 Å². The Morgan fingerprint density at radius 1 is 1.33 bits per heavy atom. The van der Waals surface area contributed by atoms with Crippen LogP contribution in [-0.2, 0) is 12.2 Å². The van der Waals surface area contributed by atoms with Crippen molar-refractivity contribution in [3.05, 3.63) is 35.3 Å². The first-order valence-corrected chi connectivity index (χ1v) is 8.11. The SMILES string of the molecule is N#Cc1cnn(C2CN(c3cc4c(nn3)CCSC4)C2)c1. The van der Waals surface area contributed by atoms with Crippen molar-refractivity contribution in [2.75, 3.05) is 23.7 Å². The van der Waals surface area contributed by atoms with E-state index >= 15 is 0 Å². The molecule has 0 N–H and O–H groups in total. The number of thioether (sulfide) groups is 1. The fraction of sp³-hybridized carbons (Fsp3) is 0.429. The molecular formula is C14H14N6S. The maximum absolute atomic E-state index is 8.83. The van der Waals surface area contributed by atoms with E-state index in [1.54, 1.807) is 12.4 Å². The smallest absolute Gasteiger partial charge is 0.151 e. The van der Waals surface area contributed by atoms with E-state index in [1.807, 2.05) is 16.4 Å². The van der Waals surface area contributed by atoms with Crippen LogP contribution in [0.25, 0.3) is 0 Å². The van der Waals surface area contributed by atoms with Crippen LogP contribution in [0.2, 0.25) is 0 Å². The molecule has 0 radical (unpaired) electrons. The summed E-state index contributed by atoms with van der Waals surface area (Å²) in [7, 11) is 0. The lowest BCUT2D eigenvalue weighted by Crippen LogP contribution is -2.48. The van der Waals surface area contributed by atoms with Crippen LogP contribution in [0.1, 0.15) is 22.9 Å². The van der Waals surface area contributed by atoms with E-state index in [2.05, 4.69) is 32.3 Å². The van der Waals surface area contributed by atoms with Gasteiger partial charge in [-0.15, -0.1) is 5.10 Å². The molecule has 4 heterocycles. The molecule has 21 heavy (non-hydrogen) atoms. The van der Waals surface area contributed by atoms with E-state index in [4.69, 9.17) is 5.26 Å². The molecule has 0 atom stereocenters. The summed E-state index contributed by atoms with van der Waals surface area (Å²) in [5.74, 6) is 3.15. The molecule has 1 saturated heterocycles. The molecule has 2 aromatic rings. The third-order valence-corrected chi connectivity index (χ3v) is 4.99. The molecule has 2 aliphatic heterocycles. The van der Waals surface area contributed by atoms with Crippen LogP contribution in [0, 0.1) is 11.3 Å². The van der Waals surface area contributed by atoms with E-state index in [0.717, 1.165) is 42.5 Å². The van der Waals surface area contributed by atoms with Gasteiger partial charge in [0.05, 0.1) is 23.5 Å². The van der Waals surface area contributed by atoms with Crippen molar-refractivity contribution in [2.24, 2.45) is 0 Å². The molecule has 0 bridgehead atoms. The van der Waals surface area contributed by atoms with Gasteiger partial charge in [0.15, 0.2) is 5.82 Å². The van der Waals surface area contributed by atoms with Gasteiger partial charge in [-0.2, -0.15) is 27.2 Å². The largest absolute Gasteiger partial charge is 0.351 e. The van der Waals surface area contributed by atoms with Crippen molar-refractivity contribution in [3.8, 4) is 6.07 Å². The number of nitriles is 1. The highest BCUT2D eigenvalue weighted by atomic mass is 32.2. The van der Waals surface area contributed by atoms with Gasteiger partial charge in [0.25, 0.3) is 0 Å². The zero-order chi connectivity index (χ0) is 14.2. The summed E-state index contributed by atoms with van der Waals surface area (Å²) in [6.07, 6.45) is 4.44. The minimum Gasteiger partial charge on any atom is -0.351 e. The van der Waals surface area contributed by atoms with Gasteiger partial charge in [-0.1, -0.05) is 0 Å². The first-order chi connectivity index (χ1) is 10.3. The molecule has 4 rings (SSSR count). The Hall–Kier alpha value is -2.07. The maximum atomic E-state index is 8.83. The van der Waals surface area contributed by atoms with E-state index in [-0.39, 0.29) is 0 Å². The quantitative estimate of drug-likeness (QED) is 0.834. The molecule has 0 saturated carbocycles. The summed E-state index contributed by atoms with van der Waals surface area (Å²) in [4.78, 5) is 2.21. The Kier molecular flexibility index (Phi) is 3.04. The van der Waals surface area contributed by atoms with E-state index < -0.39 is 0 Å². The fourth-order valence-corrected chi connectivity index (χ4v) is 3.64. The predicted molar refractivity (Wildman–Crippen MR) is 80.1 cm³/mol. The Labute approximate surface area is 126 Å². The Balaban J connectivity index is 1.47. The lowest BCUT2D eigenvalue weighted by Gasteiger charge is -2.40. The molecule has 0 unspecified atom stereocenters. The first-order valence-electron chi connectivity index (χ1n) is 6.96. The fourth-order valence-electron chi connectivity index (χ4n) is 2.69. The van der Waals surface area contributed by atoms with Gasteiger partial charge < -0.3 is 4.90 Å². The topological polar surface area (TPSA) is 70.6 Å². The molecule has 106 valence electrons. The number of nitrogens with zero attached hydrogens (tertiary/aromatic N) is 6. The summed E-state index contributed by atoms with van der Waals surface area (Å²) in [5.41, 5.74) is 3.09. The van der Waals surface area contributed by atoms with Gasteiger partial charge in [-0.3, -0.25) is 4.68 Å². The van der Waals surface area contributed by atoms with Crippen molar-refractivity contribution in [1.82, 2.24) is 20.0 Å². The summed E-state index contributed by atoms with van der Waals surface area (Å²) in [5, 5.41) is 21.8. The number of fused-ring (bicyclic) bond motifs is 1. The molecule has 6 nitrogen and oxygen atoms in total. The lowest BCUT2D eigenvalue weighted by molar-refractivity contribution is 0.365. The zero-order valence-corrected chi connectivity index (χ0v) is 12.3. The second-order valence-corrected chi connectivity index (χ2v) is 6.46. The van der Waals surface area contributed by atoms with E-state index in [1.165, 1.54) is 5.56 Å². The second-order valence-electron chi connectivity index (χ2n) is 5.36.